The number of hydrogen-bond donors (Lipinski definition) is 3. The Kier molecular flexibility index (Phi) is 3.83. The van der Waals surface area contributed by atoms with E-state index in [2.05, 4.69) is 20.7 Å². The number of nitrogen functional groups attached to an aromatic ring is 1. The molecule has 0 saturated heterocycles. The predicted molar refractivity (Wildman–Crippen MR) is 67.5 cm³/mol. The third-order valence-electron chi connectivity index (χ3n) is 2.35. The van der Waals surface area contributed by atoms with Crippen molar-refractivity contribution in [3.8, 4) is 0 Å². The highest BCUT2D eigenvalue weighted by Crippen LogP contribution is 2.04. The zero-order chi connectivity index (χ0) is 12.8. The van der Waals surface area contributed by atoms with Crippen LogP contribution in [0.1, 0.15) is 15.9 Å². The van der Waals surface area contributed by atoms with Gasteiger partial charge in [0.2, 0.25) is 0 Å². The normalized spacial score (nSPS) is 9.83. The lowest BCUT2D eigenvalue weighted by Crippen LogP contribution is -2.23. The molecular weight excluding hydrogens is 230 g/mol. The predicted octanol–water partition coefficient (Wildman–Crippen LogP) is 0.692. The Morgan fingerprint density at radius 1 is 1.28 bits per heavy atom. The molecule has 0 fully saturated rings. The van der Waals surface area contributed by atoms with Crippen LogP contribution < -0.4 is 16.6 Å². The van der Waals surface area contributed by atoms with Crippen LogP contribution >= 0.6 is 0 Å². The monoisotopic (exact) mass is 243 g/mol. The topological polar surface area (TPSA) is 92.9 Å². The van der Waals surface area contributed by atoms with Crippen LogP contribution in [0.2, 0.25) is 0 Å². The number of anilines is 1. The molecule has 2 rings (SSSR count). The Hall–Kier alpha value is -2.47. The molecule has 4 N–H and O–H groups in total. The highest BCUT2D eigenvalue weighted by molar-refractivity contribution is 5.93. The molecule has 0 aliphatic carbocycles. The molecular formula is C12H13N5O. The molecule has 0 aliphatic rings. The molecule has 92 valence electrons. The number of nitrogens with zero attached hydrogens (tertiary/aromatic N) is 2. The first-order valence-electron chi connectivity index (χ1n) is 5.39. The van der Waals surface area contributed by atoms with Gasteiger partial charge in [0.15, 0.2) is 0 Å². The molecule has 0 aliphatic heterocycles. The minimum absolute atomic E-state index is 0.185. The summed E-state index contributed by atoms with van der Waals surface area (Å²) in [5.74, 6) is 5.52. The quantitative estimate of drug-likeness (QED) is 0.542. The van der Waals surface area contributed by atoms with Gasteiger partial charge in [-0.15, -0.1) is 0 Å². The van der Waals surface area contributed by atoms with Crippen molar-refractivity contribution in [3.63, 3.8) is 0 Å². The third-order valence-corrected chi connectivity index (χ3v) is 2.35. The van der Waals surface area contributed by atoms with Crippen molar-refractivity contribution in [1.29, 1.82) is 0 Å². The van der Waals surface area contributed by atoms with Crippen LogP contribution in [0, 0.1) is 0 Å². The SMILES string of the molecule is NNc1ccc(C(=O)NCc2cccnc2)cn1. The Balaban J connectivity index is 1.95. The highest BCUT2D eigenvalue weighted by atomic mass is 16.1. The summed E-state index contributed by atoms with van der Waals surface area (Å²) in [4.78, 5) is 19.7. The van der Waals surface area contributed by atoms with Gasteiger partial charge in [-0.2, -0.15) is 0 Å². The summed E-state index contributed by atoms with van der Waals surface area (Å²) >= 11 is 0. The van der Waals surface area contributed by atoms with E-state index in [1.165, 1.54) is 6.20 Å². The van der Waals surface area contributed by atoms with E-state index in [1.807, 2.05) is 12.1 Å². The lowest BCUT2D eigenvalue weighted by atomic mass is 10.2. The first kappa shape index (κ1) is 12.0. The van der Waals surface area contributed by atoms with Gasteiger partial charge in [-0.25, -0.2) is 10.8 Å². The number of amides is 1. The largest absolute Gasteiger partial charge is 0.348 e. The minimum Gasteiger partial charge on any atom is -0.348 e. The number of carbonyl (C=O) groups is 1. The third kappa shape index (κ3) is 3.02. The molecule has 6 nitrogen and oxygen atoms in total. The van der Waals surface area contributed by atoms with Crippen molar-refractivity contribution < 1.29 is 4.79 Å². The molecule has 0 radical (unpaired) electrons. The molecule has 0 atom stereocenters. The lowest BCUT2D eigenvalue weighted by Gasteiger charge is -2.05. The van der Waals surface area contributed by atoms with E-state index < -0.39 is 0 Å². The average Bonchev–Trinajstić information content (AvgIpc) is 2.46. The second kappa shape index (κ2) is 5.74. The summed E-state index contributed by atoms with van der Waals surface area (Å²) < 4.78 is 0. The standard InChI is InChI=1S/C12H13N5O/c13-17-11-4-3-10(8-15-11)12(18)16-7-9-2-1-5-14-6-9/h1-6,8H,7,13H2,(H,15,17)(H,16,18). The summed E-state index contributed by atoms with van der Waals surface area (Å²) in [6.07, 6.45) is 4.86. The van der Waals surface area contributed by atoms with Gasteiger partial charge in [0.25, 0.3) is 5.91 Å². The molecule has 0 unspecified atom stereocenters. The molecule has 2 aromatic rings. The molecule has 2 heterocycles. The maximum atomic E-state index is 11.8. The molecule has 0 saturated carbocycles. The molecule has 6 heteroatoms. The van der Waals surface area contributed by atoms with E-state index in [0.29, 0.717) is 17.9 Å². The summed E-state index contributed by atoms with van der Waals surface area (Å²) in [5, 5.41) is 2.78. The maximum Gasteiger partial charge on any atom is 0.253 e. The van der Waals surface area contributed by atoms with E-state index in [9.17, 15) is 4.79 Å². The summed E-state index contributed by atoms with van der Waals surface area (Å²) in [6.45, 7) is 0.434. The zero-order valence-electron chi connectivity index (χ0n) is 9.63. The minimum atomic E-state index is -0.185. The van der Waals surface area contributed by atoms with Gasteiger partial charge in [0.05, 0.1) is 5.56 Å². The van der Waals surface area contributed by atoms with Gasteiger partial charge in [0.1, 0.15) is 5.82 Å². The van der Waals surface area contributed by atoms with Crippen LogP contribution in [0.5, 0.6) is 0 Å². The van der Waals surface area contributed by atoms with Crippen molar-refractivity contribution in [2.75, 3.05) is 5.43 Å². The Labute approximate surface area is 104 Å². The average molecular weight is 243 g/mol. The van der Waals surface area contributed by atoms with E-state index >= 15 is 0 Å². The van der Waals surface area contributed by atoms with Gasteiger partial charge >= 0.3 is 0 Å². The summed E-state index contributed by atoms with van der Waals surface area (Å²) in [6, 6.07) is 7.01. The number of nitrogens with one attached hydrogen (secondary N) is 2. The highest BCUT2D eigenvalue weighted by Gasteiger charge is 2.05. The van der Waals surface area contributed by atoms with Crippen molar-refractivity contribution in [3.05, 3.63) is 54.0 Å². The Bertz CT molecular complexity index is 512. The van der Waals surface area contributed by atoms with Crippen LogP contribution in [0.3, 0.4) is 0 Å². The lowest BCUT2D eigenvalue weighted by molar-refractivity contribution is 0.0950. The molecule has 0 bridgehead atoms. The molecule has 1 amide bonds. The number of nitrogens with two attached hydrogens (primary N) is 1. The molecule has 0 aromatic carbocycles. The Morgan fingerprint density at radius 2 is 2.17 bits per heavy atom. The van der Waals surface area contributed by atoms with Crippen molar-refractivity contribution >= 4 is 11.7 Å². The van der Waals surface area contributed by atoms with Crippen molar-refractivity contribution in [1.82, 2.24) is 15.3 Å². The fourth-order valence-electron chi connectivity index (χ4n) is 1.40. The van der Waals surface area contributed by atoms with Crippen LogP contribution in [-0.4, -0.2) is 15.9 Å². The number of pyridine rings is 2. The maximum absolute atomic E-state index is 11.8. The molecule has 0 spiro atoms. The van der Waals surface area contributed by atoms with E-state index in [1.54, 1.807) is 24.5 Å². The number of hydrogen-bond acceptors (Lipinski definition) is 5. The van der Waals surface area contributed by atoms with Gasteiger partial charge in [-0.1, -0.05) is 6.07 Å². The fraction of sp³-hybridized carbons (Fsp3) is 0.0833. The van der Waals surface area contributed by atoms with E-state index in [-0.39, 0.29) is 5.91 Å². The summed E-state index contributed by atoms with van der Waals surface area (Å²) in [5.41, 5.74) is 3.83. The van der Waals surface area contributed by atoms with Crippen molar-refractivity contribution in [2.45, 2.75) is 6.54 Å². The Morgan fingerprint density at radius 3 is 2.78 bits per heavy atom. The fourth-order valence-corrected chi connectivity index (χ4v) is 1.40. The number of hydrazine groups is 1. The second-order valence-corrected chi connectivity index (χ2v) is 3.62. The van der Waals surface area contributed by atoms with E-state index in [4.69, 9.17) is 5.84 Å². The van der Waals surface area contributed by atoms with Gasteiger partial charge < -0.3 is 10.7 Å². The van der Waals surface area contributed by atoms with Crippen LogP contribution in [0.25, 0.3) is 0 Å². The first-order chi connectivity index (χ1) is 8.79. The number of rotatable bonds is 4. The van der Waals surface area contributed by atoms with Crippen LogP contribution in [-0.2, 0) is 6.54 Å². The van der Waals surface area contributed by atoms with Crippen LogP contribution in [0.15, 0.2) is 42.9 Å². The molecule has 18 heavy (non-hydrogen) atoms. The van der Waals surface area contributed by atoms with Gasteiger partial charge in [-0.05, 0) is 23.8 Å². The van der Waals surface area contributed by atoms with Gasteiger partial charge in [0, 0.05) is 25.1 Å². The number of carbonyl (C=O) groups excluding carboxylic acids is 1. The molecule has 2 aromatic heterocycles. The van der Waals surface area contributed by atoms with Crippen LogP contribution in [0.4, 0.5) is 5.82 Å². The van der Waals surface area contributed by atoms with Crippen molar-refractivity contribution in [2.24, 2.45) is 5.84 Å². The number of aromatic nitrogens is 2. The zero-order valence-corrected chi connectivity index (χ0v) is 9.63. The smallest absolute Gasteiger partial charge is 0.253 e. The second-order valence-electron chi connectivity index (χ2n) is 3.62. The van der Waals surface area contributed by atoms with E-state index in [0.717, 1.165) is 5.56 Å². The van der Waals surface area contributed by atoms with Gasteiger partial charge in [-0.3, -0.25) is 9.78 Å². The summed E-state index contributed by atoms with van der Waals surface area (Å²) in [7, 11) is 0. The first-order valence-corrected chi connectivity index (χ1v) is 5.39.